The van der Waals surface area contributed by atoms with E-state index in [0.717, 1.165) is 19.3 Å². The number of fused-ring (bicyclic) bond motifs is 1. The minimum absolute atomic E-state index is 0.0619. The SMILES string of the molecule is CCC(C)NC(=O)/C(C#N)=C\NC(CC)c1ccc2c(c1)CCCC2. The average Bonchev–Trinajstić information content (AvgIpc) is 2.64. The van der Waals surface area contributed by atoms with Crippen LogP contribution in [0.5, 0.6) is 0 Å². The molecule has 4 nitrogen and oxygen atoms in total. The number of nitrogens with zero attached hydrogens (tertiary/aromatic N) is 1. The predicted molar refractivity (Wildman–Crippen MR) is 101 cm³/mol. The molecule has 1 aromatic rings. The molecule has 0 bridgehead atoms. The fourth-order valence-corrected chi connectivity index (χ4v) is 3.16. The first-order chi connectivity index (χ1) is 12.1. The van der Waals surface area contributed by atoms with E-state index >= 15 is 0 Å². The number of carbonyl (C=O) groups excluding carboxylic acids is 1. The summed E-state index contributed by atoms with van der Waals surface area (Å²) in [6, 6.07) is 8.86. The van der Waals surface area contributed by atoms with Gasteiger partial charge in [0, 0.05) is 12.2 Å². The largest absolute Gasteiger partial charge is 0.383 e. The highest BCUT2D eigenvalue weighted by Crippen LogP contribution is 2.26. The molecule has 2 N–H and O–H groups in total. The van der Waals surface area contributed by atoms with Crippen molar-refractivity contribution in [2.24, 2.45) is 0 Å². The molecule has 0 aliphatic heterocycles. The summed E-state index contributed by atoms with van der Waals surface area (Å²) in [5.41, 5.74) is 4.25. The molecule has 2 unspecified atom stereocenters. The summed E-state index contributed by atoms with van der Waals surface area (Å²) in [5.74, 6) is -0.315. The van der Waals surface area contributed by atoms with Gasteiger partial charge in [0.25, 0.3) is 5.91 Å². The number of amides is 1. The van der Waals surface area contributed by atoms with Gasteiger partial charge in [-0.25, -0.2) is 0 Å². The predicted octanol–water partition coefficient (Wildman–Crippen LogP) is 3.93. The quantitative estimate of drug-likeness (QED) is 0.584. The zero-order valence-corrected chi connectivity index (χ0v) is 15.6. The standard InChI is InChI=1S/C21H29N3O/c1-4-15(3)24-21(25)19(13-22)14-23-20(5-2)18-11-10-16-8-6-7-9-17(16)12-18/h10-12,14-15,20,23H,4-9H2,1-3H3,(H,24,25)/b19-14-. The van der Waals surface area contributed by atoms with E-state index in [1.54, 1.807) is 6.20 Å². The molecule has 25 heavy (non-hydrogen) atoms. The van der Waals surface area contributed by atoms with Crippen LogP contribution in [0.25, 0.3) is 0 Å². The third kappa shape index (κ3) is 5.09. The van der Waals surface area contributed by atoms with Crippen molar-refractivity contribution in [3.63, 3.8) is 0 Å². The van der Waals surface area contributed by atoms with Crippen molar-refractivity contribution in [2.45, 2.75) is 71.4 Å². The van der Waals surface area contributed by atoms with Gasteiger partial charge < -0.3 is 10.6 Å². The summed E-state index contributed by atoms with van der Waals surface area (Å²) in [6.45, 7) is 6.04. The number of aryl methyl sites for hydroxylation is 2. The Bertz CT molecular complexity index is 672. The molecule has 134 valence electrons. The number of hydrogen-bond acceptors (Lipinski definition) is 3. The Kier molecular flexibility index (Phi) is 7.06. The minimum Gasteiger partial charge on any atom is -0.383 e. The van der Waals surface area contributed by atoms with E-state index in [0.29, 0.717) is 0 Å². The van der Waals surface area contributed by atoms with E-state index in [9.17, 15) is 10.1 Å². The summed E-state index contributed by atoms with van der Waals surface area (Å²) in [7, 11) is 0. The Labute approximate surface area is 151 Å². The fourth-order valence-electron chi connectivity index (χ4n) is 3.16. The molecule has 0 saturated heterocycles. The molecule has 0 spiro atoms. The van der Waals surface area contributed by atoms with Crippen LogP contribution in [0, 0.1) is 11.3 Å². The van der Waals surface area contributed by atoms with Crippen LogP contribution in [0.3, 0.4) is 0 Å². The maximum atomic E-state index is 12.1. The number of nitrogens with one attached hydrogen (secondary N) is 2. The zero-order valence-electron chi connectivity index (χ0n) is 15.6. The summed E-state index contributed by atoms with van der Waals surface area (Å²) in [4.78, 5) is 12.1. The first-order valence-electron chi connectivity index (χ1n) is 9.37. The van der Waals surface area contributed by atoms with Crippen LogP contribution in [-0.4, -0.2) is 11.9 Å². The number of hydrogen-bond donors (Lipinski definition) is 2. The van der Waals surface area contributed by atoms with Crippen LogP contribution in [0.1, 0.15) is 69.2 Å². The third-order valence-electron chi connectivity index (χ3n) is 4.97. The van der Waals surface area contributed by atoms with Gasteiger partial charge in [0.05, 0.1) is 6.04 Å². The van der Waals surface area contributed by atoms with E-state index in [1.807, 2.05) is 19.9 Å². The first-order valence-corrected chi connectivity index (χ1v) is 9.37. The van der Waals surface area contributed by atoms with E-state index in [1.165, 1.54) is 36.0 Å². The molecule has 4 heteroatoms. The molecule has 0 radical (unpaired) electrons. The molecule has 0 fully saturated rings. The Morgan fingerprint density at radius 3 is 2.60 bits per heavy atom. The van der Waals surface area contributed by atoms with Gasteiger partial charge >= 0.3 is 0 Å². The molecule has 0 aromatic heterocycles. The molecule has 1 aromatic carbocycles. The second kappa shape index (κ2) is 9.27. The van der Waals surface area contributed by atoms with Gasteiger partial charge in [0.2, 0.25) is 0 Å². The summed E-state index contributed by atoms with van der Waals surface area (Å²) < 4.78 is 0. The Morgan fingerprint density at radius 2 is 1.96 bits per heavy atom. The lowest BCUT2D eigenvalue weighted by Gasteiger charge is -2.21. The number of nitriles is 1. The van der Waals surface area contributed by atoms with Crippen molar-refractivity contribution in [1.82, 2.24) is 10.6 Å². The Balaban J connectivity index is 2.10. The number of benzene rings is 1. The van der Waals surface area contributed by atoms with Crippen LogP contribution < -0.4 is 10.6 Å². The van der Waals surface area contributed by atoms with Crippen LogP contribution in [-0.2, 0) is 17.6 Å². The molecule has 2 atom stereocenters. The van der Waals surface area contributed by atoms with Gasteiger partial charge in [-0.15, -0.1) is 0 Å². The first kappa shape index (κ1) is 19.1. The van der Waals surface area contributed by atoms with Gasteiger partial charge in [0.1, 0.15) is 11.6 Å². The second-order valence-corrected chi connectivity index (χ2v) is 6.82. The van der Waals surface area contributed by atoms with Gasteiger partial charge in [-0.05, 0) is 62.1 Å². The lowest BCUT2D eigenvalue weighted by atomic mass is 9.89. The molecule has 1 aliphatic rings. The lowest BCUT2D eigenvalue weighted by molar-refractivity contribution is -0.117. The maximum absolute atomic E-state index is 12.1. The molecule has 1 amide bonds. The van der Waals surface area contributed by atoms with Crippen LogP contribution in [0.2, 0.25) is 0 Å². The van der Waals surface area contributed by atoms with Crippen molar-refractivity contribution in [1.29, 1.82) is 5.26 Å². The van der Waals surface area contributed by atoms with Crippen LogP contribution in [0.15, 0.2) is 30.0 Å². The van der Waals surface area contributed by atoms with Crippen molar-refractivity contribution >= 4 is 5.91 Å². The molecule has 2 rings (SSSR count). The van der Waals surface area contributed by atoms with Gasteiger partial charge in [0.15, 0.2) is 0 Å². The van der Waals surface area contributed by atoms with E-state index in [4.69, 9.17) is 0 Å². The highest BCUT2D eigenvalue weighted by molar-refractivity contribution is 5.97. The zero-order chi connectivity index (χ0) is 18.2. The average molecular weight is 339 g/mol. The minimum atomic E-state index is -0.315. The van der Waals surface area contributed by atoms with Gasteiger partial charge in [-0.3, -0.25) is 4.79 Å². The molecule has 0 heterocycles. The highest BCUT2D eigenvalue weighted by Gasteiger charge is 2.15. The summed E-state index contributed by atoms with van der Waals surface area (Å²) in [5, 5.41) is 15.4. The van der Waals surface area contributed by atoms with Crippen molar-refractivity contribution < 1.29 is 4.79 Å². The Hall–Kier alpha value is -2.28. The highest BCUT2D eigenvalue weighted by atomic mass is 16.1. The normalized spacial score (nSPS) is 16.3. The number of rotatable bonds is 7. The topological polar surface area (TPSA) is 64.9 Å². The number of carbonyl (C=O) groups is 1. The van der Waals surface area contributed by atoms with Crippen LogP contribution >= 0.6 is 0 Å². The van der Waals surface area contributed by atoms with E-state index in [2.05, 4.69) is 35.8 Å². The van der Waals surface area contributed by atoms with Gasteiger partial charge in [-0.1, -0.05) is 32.0 Å². The van der Waals surface area contributed by atoms with Crippen molar-refractivity contribution in [3.8, 4) is 6.07 Å². The fraction of sp³-hybridized carbons (Fsp3) is 0.524. The van der Waals surface area contributed by atoms with Crippen molar-refractivity contribution in [3.05, 3.63) is 46.7 Å². The lowest BCUT2D eigenvalue weighted by Crippen LogP contribution is -2.33. The smallest absolute Gasteiger partial charge is 0.263 e. The Morgan fingerprint density at radius 1 is 1.24 bits per heavy atom. The molecule has 1 aliphatic carbocycles. The molecular formula is C21H29N3O. The van der Waals surface area contributed by atoms with Crippen LogP contribution in [0.4, 0.5) is 0 Å². The van der Waals surface area contributed by atoms with Gasteiger partial charge in [-0.2, -0.15) is 5.26 Å². The maximum Gasteiger partial charge on any atom is 0.263 e. The monoisotopic (exact) mass is 339 g/mol. The van der Waals surface area contributed by atoms with Crippen molar-refractivity contribution in [2.75, 3.05) is 0 Å². The third-order valence-corrected chi connectivity index (χ3v) is 4.97. The van der Waals surface area contributed by atoms with E-state index < -0.39 is 0 Å². The second-order valence-electron chi connectivity index (χ2n) is 6.82. The molecule has 0 saturated carbocycles. The summed E-state index contributed by atoms with van der Waals surface area (Å²) in [6.07, 6.45) is 8.15. The molecular weight excluding hydrogens is 310 g/mol. The summed E-state index contributed by atoms with van der Waals surface area (Å²) >= 11 is 0. The van der Waals surface area contributed by atoms with E-state index in [-0.39, 0.29) is 23.6 Å².